The molecule has 0 aromatic carbocycles. The minimum absolute atomic E-state index is 0.0681. The van der Waals surface area contributed by atoms with Crippen molar-refractivity contribution in [1.82, 2.24) is 20.9 Å². The Labute approximate surface area is 195 Å². The van der Waals surface area contributed by atoms with Crippen molar-refractivity contribution in [3.05, 3.63) is 12.7 Å². The van der Waals surface area contributed by atoms with Gasteiger partial charge in [0.05, 0.1) is 6.04 Å². The normalized spacial score (nSPS) is 22.7. The number of ketones is 1. The molecule has 0 aromatic rings. The number of amides is 4. The van der Waals surface area contributed by atoms with Crippen LogP contribution in [0.15, 0.2) is 12.7 Å². The second kappa shape index (κ2) is 12.0. The Balaban J connectivity index is 1.67. The first-order chi connectivity index (χ1) is 16.0. The van der Waals surface area contributed by atoms with Crippen molar-refractivity contribution in [2.45, 2.75) is 82.3 Å². The lowest BCUT2D eigenvalue weighted by molar-refractivity contribution is -0.144. The van der Waals surface area contributed by atoms with Crippen LogP contribution >= 0.6 is 0 Å². The molecule has 9 heteroatoms. The molecule has 0 bridgehead atoms. The lowest BCUT2D eigenvalue weighted by Crippen LogP contribution is -2.57. The van der Waals surface area contributed by atoms with Crippen LogP contribution in [-0.2, 0) is 24.0 Å². The van der Waals surface area contributed by atoms with Gasteiger partial charge in [-0.2, -0.15) is 0 Å². The molecule has 3 N–H and O–H groups in total. The molecule has 3 aliphatic rings. The first-order valence-corrected chi connectivity index (χ1v) is 12.2. The molecule has 33 heavy (non-hydrogen) atoms. The van der Waals surface area contributed by atoms with Gasteiger partial charge >= 0.3 is 0 Å². The van der Waals surface area contributed by atoms with Crippen molar-refractivity contribution < 1.29 is 24.0 Å². The quantitative estimate of drug-likeness (QED) is 0.226. The van der Waals surface area contributed by atoms with Crippen LogP contribution in [-0.4, -0.2) is 66.0 Å². The molecular weight excluding hydrogens is 424 g/mol. The highest BCUT2D eigenvalue weighted by Crippen LogP contribution is 2.34. The third kappa shape index (κ3) is 6.65. The average Bonchev–Trinajstić information content (AvgIpc) is 3.51. The van der Waals surface area contributed by atoms with E-state index in [-0.39, 0.29) is 18.4 Å². The largest absolute Gasteiger partial charge is 0.347 e. The van der Waals surface area contributed by atoms with E-state index in [1.165, 1.54) is 6.08 Å². The maximum atomic E-state index is 13.4. The molecule has 3 atom stereocenters. The number of hydrogen-bond acceptors (Lipinski definition) is 5. The van der Waals surface area contributed by atoms with Crippen LogP contribution in [0.25, 0.3) is 0 Å². The zero-order valence-corrected chi connectivity index (χ0v) is 19.2. The maximum absolute atomic E-state index is 13.4. The van der Waals surface area contributed by atoms with E-state index in [0.29, 0.717) is 38.1 Å². The lowest BCUT2D eigenvalue weighted by Gasteiger charge is -2.34. The van der Waals surface area contributed by atoms with Crippen LogP contribution < -0.4 is 16.0 Å². The van der Waals surface area contributed by atoms with Crippen LogP contribution in [0.4, 0.5) is 0 Å². The third-order valence-electron chi connectivity index (χ3n) is 7.00. The van der Waals surface area contributed by atoms with Gasteiger partial charge in [-0.1, -0.05) is 38.2 Å². The second-order valence-electron chi connectivity index (χ2n) is 9.45. The van der Waals surface area contributed by atoms with E-state index in [2.05, 4.69) is 22.5 Å². The first kappa shape index (κ1) is 24.9. The number of nitrogens with zero attached hydrogens (tertiary/aromatic N) is 1. The number of rotatable bonds is 12. The maximum Gasteiger partial charge on any atom is 0.289 e. The molecule has 0 aromatic heterocycles. The van der Waals surface area contributed by atoms with Crippen molar-refractivity contribution in [1.29, 1.82) is 0 Å². The van der Waals surface area contributed by atoms with Crippen LogP contribution in [0.1, 0.15) is 64.2 Å². The molecule has 9 nitrogen and oxygen atoms in total. The third-order valence-corrected chi connectivity index (χ3v) is 7.00. The van der Waals surface area contributed by atoms with Crippen LogP contribution in [0.3, 0.4) is 0 Å². The number of likely N-dealkylation sites (tertiary alicyclic amines) is 1. The van der Waals surface area contributed by atoms with Gasteiger partial charge in [0.2, 0.25) is 24.0 Å². The standard InChI is InChI=1S/C24H36N4O5/c1-2-12-25-23(32)21(30)18(14-16-10-11-16)27-22(31)19-9-6-13-28(19)24(33)20(26-15-29)17-7-4-3-5-8-17/h2,15-20H,1,3-14H2,(H,25,32)(H,26,29)(H,27,31)/t18?,19-,20-/m0/s1. The SMILES string of the molecule is C=CCNC(=O)C(=O)C(CC1CC1)NC(=O)[C@@H]1CCCN1C(=O)[C@@H](NC=O)C1CCCCC1. The number of hydrogen-bond donors (Lipinski definition) is 3. The monoisotopic (exact) mass is 460 g/mol. The van der Waals surface area contributed by atoms with Gasteiger partial charge in [-0.15, -0.1) is 6.58 Å². The van der Waals surface area contributed by atoms with Gasteiger partial charge in [-0.3, -0.25) is 24.0 Å². The Bertz CT molecular complexity index is 760. The Morgan fingerprint density at radius 1 is 1.00 bits per heavy atom. The highest BCUT2D eigenvalue weighted by Gasteiger charge is 2.41. The molecule has 3 rings (SSSR count). The van der Waals surface area contributed by atoms with E-state index < -0.39 is 35.7 Å². The van der Waals surface area contributed by atoms with E-state index in [4.69, 9.17) is 0 Å². The van der Waals surface area contributed by atoms with Gasteiger partial charge < -0.3 is 20.9 Å². The molecule has 2 aliphatic carbocycles. The fourth-order valence-corrected chi connectivity index (χ4v) is 5.03. The van der Waals surface area contributed by atoms with Gasteiger partial charge in [-0.05, 0) is 43.9 Å². The van der Waals surface area contributed by atoms with E-state index >= 15 is 0 Å². The summed E-state index contributed by atoms with van der Waals surface area (Å²) in [7, 11) is 0. The highest BCUT2D eigenvalue weighted by molar-refractivity contribution is 6.38. The number of carbonyl (C=O) groups is 5. The topological polar surface area (TPSA) is 125 Å². The molecule has 1 heterocycles. The molecule has 3 fully saturated rings. The van der Waals surface area contributed by atoms with Gasteiger partial charge in [0, 0.05) is 13.1 Å². The summed E-state index contributed by atoms with van der Waals surface area (Å²) in [5.74, 6) is -1.67. The first-order valence-electron chi connectivity index (χ1n) is 12.2. The minimum Gasteiger partial charge on any atom is -0.347 e. The van der Waals surface area contributed by atoms with Crippen molar-refractivity contribution >= 4 is 29.9 Å². The van der Waals surface area contributed by atoms with Crippen LogP contribution in [0, 0.1) is 11.8 Å². The molecule has 1 aliphatic heterocycles. The lowest BCUT2D eigenvalue weighted by atomic mass is 9.83. The van der Waals surface area contributed by atoms with E-state index in [9.17, 15) is 24.0 Å². The molecule has 4 amide bonds. The minimum atomic E-state index is -0.908. The summed E-state index contributed by atoms with van der Waals surface area (Å²) in [6, 6.07) is -2.25. The fourth-order valence-electron chi connectivity index (χ4n) is 5.03. The second-order valence-corrected chi connectivity index (χ2v) is 9.45. The molecule has 2 saturated carbocycles. The summed E-state index contributed by atoms with van der Waals surface area (Å²) < 4.78 is 0. The van der Waals surface area contributed by atoms with Crippen molar-refractivity contribution in [2.24, 2.45) is 11.8 Å². The van der Waals surface area contributed by atoms with Gasteiger partial charge in [0.15, 0.2) is 0 Å². The van der Waals surface area contributed by atoms with Gasteiger partial charge in [-0.25, -0.2) is 0 Å². The van der Waals surface area contributed by atoms with Crippen molar-refractivity contribution in [3.8, 4) is 0 Å². The smallest absolute Gasteiger partial charge is 0.289 e. The molecule has 0 spiro atoms. The molecule has 1 saturated heterocycles. The zero-order valence-electron chi connectivity index (χ0n) is 19.2. The Hall–Kier alpha value is -2.71. The summed E-state index contributed by atoms with van der Waals surface area (Å²) in [5, 5.41) is 7.94. The fraction of sp³-hybridized carbons (Fsp3) is 0.708. The predicted octanol–water partition coefficient (Wildman–Crippen LogP) is 0.829. The van der Waals surface area contributed by atoms with Crippen LogP contribution in [0.5, 0.6) is 0 Å². The zero-order chi connectivity index (χ0) is 23.8. The van der Waals surface area contributed by atoms with Crippen LogP contribution in [0.2, 0.25) is 0 Å². The number of carbonyl (C=O) groups excluding carboxylic acids is 5. The average molecular weight is 461 g/mol. The Morgan fingerprint density at radius 3 is 2.36 bits per heavy atom. The molecule has 1 unspecified atom stereocenters. The Morgan fingerprint density at radius 2 is 1.73 bits per heavy atom. The summed E-state index contributed by atoms with van der Waals surface area (Å²) in [6.07, 6.45) is 10.5. The number of nitrogens with one attached hydrogen (secondary N) is 3. The number of Topliss-reactive ketones (excluding diaryl/α,β-unsaturated/α-hetero) is 1. The summed E-state index contributed by atoms with van der Waals surface area (Å²) in [6.45, 7) is 4.13. The summed E-state index contributed by atoms with van der Waals surface area (Å²) in [5.41, 5.74) is 0. The summed E-state index contributed by atoms with van der Waals surface area (Å²) in [4.78, 5) is 64.2. The van der Waals surface area contributed by atoms with E-state index in [1.807, 2.05) is 0 Å². The molecule has 182 valence electrons. The van der Waals surface area contributed by atoms with Crippen molar-refractivity contribution in [2.75, 3.05) is 13.1 Å². The van der Waals surface area contributed by atoms with Gasteiger partial charge in [0.25, 0.3) is 5.91 Å². The molecular formula is C24H36N4O5. The van der Waals surface area contributed by atoms with E-state index in [1.54, 1.807) is 4.90 Å². The predicted molar refractivity (Wildman–Crippen MR) is 122 cm³/mol. The molecule has 0 radical (unpaired) electrons. The van der Waals surface area contributed by atoms with Crippen molar-refractivity contribution in [3.63, 3.8) is 0 Å². The van der Waals surface area contributed by atoms with Gasteiger partial charge in [0.1, 0.15) is 12.1 Å². The highest BCUT2D eigenvalue weighted by atomic mass is 16.2. The summed E-state index contributed by atoms with van der Waals surface area (Å²) >= 11 is 0. The van der Waals surface area contributed by atoms with E-state index in [0.717, 1.165) is 44.9 Å². The Kier molecular flexibility index (Phi) is 9.03.